The number of halogens is 1. The highest BCUT2D eigenvalue weighted by molar-refractivity contribution is 9.08. The van der Waals surface area contributed by atoms with Crippen LogP contribution in [0.4, 0.5) is 0 Å². The summed E-state index contributed by atoms with van der Waals surface area (Å²) in [6.07, 6.45) is 21.1. The zero-order valence-corrected chi connectivity index (χ0v) is 15.7. The Bertz CT molecular complexity index is 221. The van der Waals surface area contributed by atoms with E-state index < -0.39 is 0 Å². The standard InChI is InChI=1S/C18H36BrNO/c1-2-3-4-5-6-7-8-9-10-11-12-13-14-15-16-17-18(21)20-19/h2-17H2,1H3,(H,20,21). The topological polar surface area (TPSA) is 29.1 Å². The number of carbonyl (C=O) groups is 1. The lowest BCUT2D eigenvalue weighted by atomic mass is 10.0. The van der Waals surface area contributed by atoms with Crippen molar-refractivity contribution >= 4 is 22.1 Å². The maximum absolute atomic E-state index is 11.0. The third kappa shape index (κ3) is 17.9. The predicted molar refractivity (Wildman–Crippen MR) is 96.6 cm³/mol. The highest BCUT2D eigenvalue weighted by atomic mass is 79.9. The molecule has 0 atom stereocenters. The molecule has 0 bridgehead atoms. The number of hydrogen-bond acceptors (Lipinski definition) is 1. The van der Waals surface area contributed by atoms with E-state index in [4.69, 9.17) is 0 Å². The largest absolute Gasteiger partial charge is 0.293 e. The molecule has 0 aliphatic heterocycles. The first kappa shape index (κ1) is 20.9. The van der Waals surface area contributed by atoms with Crippen LogP contribution in [0.5, 0.6) is 0 Å². The molecule has 1 amide bonds. The number of amides is 1. The number of unbranched alkanes of at least 4 members (excludes halogenated alkanes) is 14. The summed E-state index contributed by atoms with van der Waals surface area (Å²) in [5.74, 6) is 0.102. The van der Waals surface area contributed by atoms with Crippen LogP contribution < -0.4 is 4.34 Å². The lowest BCUT2D eigenvalue weighted by Gasteiger charge is -2.03. The van der Waals surface area contributed by atoms with Crippen molar-refractivity contribution in [2.75, 3.05) is 0 Å². The minimum absolute atomic E-state index is 0.102. The Morgan fingerprint density at radius 1 is 0.667 bits per heavy atom. The second-order valence-corrected chi connectivity index (χ2v) is 6.61. The number of nitrogens with one attached hydrogen (secondary N) is 1. The minimum Gasteiger partial charge on any atom is -0.293 e. The predicted octanol–water partition coefficient (Wildman–Crippen LogP) is 6.67. The van der Waals surface area contributed by atoms with Gasteiger partial charge in [0, 0.05) is 22.6 Å². The molecule has 0 aliphatic rings. The van der Waals surface area contributed by atoms with E-state index in [2.05, 4.69) is 27.4 Å². The first-order chi connectivity index (χ1) is 10.3. The molecule has 0 aliphatic carbocycles. The summed E-state index contributed by atoms with van der Waals surface area (Å²) in [6, 6.07) is 0. The molecule has 0 spiro atoms. The van der Waals surface area contributed by atoms with Crippen LogP contribution >= 0.6 is 16.1 Å². The summed E-state index contributed by atoms with van der Waals surface area (Å²) >= 11 is 2.96. The molecule has 0 fully saturated rings. The van der Waals surface area contributed by atoms with Crippen molar-refractivity contribution in [2.45, 2.75) is 110 Å². The number of carbonyl (C=O) groups excluding carboxylic acids is 1. The third-order valence-electron chi connectivity index (χ3n) is 4.11. The van der Waals surface area contributed by atoms with E-state index in [9.17, 15) is 4.79 Å². The first-order valence-electron chi connectivity index (χ1n) is 9.20. The van der Waals surface area contributed by atoms with Gasteiger partial charge in [-0.05, 0) is 6.42 Å². The van der Waals surface area contributed by atoms with Crippen LogP contribution in [0, 0.1) is 0 Å². The molecule has 0 rings (SSSR count). The van der Waals surface area contributed by atoms with Crippen molar-refractivity contribution in [1.29, 1.82) is 0 Å². The van der Waals surface area contributed by atoms with E-state index in [0.29, 0.717) is 6.42 Å². The quantitative estimate of drug-likeness (QED) is 0.241. The molecule has 0 radical (unpaired) electrons. The molecule has 0 aromatic rings. The van der Waals surface area contributed by atoms with E-state index in [-0.39, 0.29) is 5.91 Å². The summed E-state index contributed by atoms with van der Waals surface area (Å²) < 4.78 is 2.49. The summed E-state index contributed by atoms with van der Waals surface area (Å²) in [5.41, 5.74) is 0. The Kier molecular flexibility index (Phi) is 18.0. The molecule has 2 nitrogen and oxygen atoms in total. The second kappa shape index (κ2) is 18.0. The highest BCUT2D eigenvalue weighted by Crippen LogP contribution is 2.13. The normalized spacial score (nSPS) is 10.8. The Labute approximate surface area is 141 Å². The van der Waals surface area contributed by atoms with Gasteiger partial charge in [0.05, 0.1) is 0 Å². The molecule has 0 unspecified atom stereocenters. The summed E-state index contributed by atoms with van der Waals surface area (Å²) in [5, 5.41) is 0. The zero-order valence-electron chi connectivity index (χ0n) is 14.1. The van der Waals surface area contributed by atoms with Crippen molar-refractivity contribution in [3.8, 4) is 0 Å². The number of hydrogen-bond donors (Lipinski definition) is 1. The van der Waals surface area contributed by atoms with E-state index in [0.717, 1.165) is 6.42 Å². The molecule has 0 saturated heterocycles. The van der Waals surface area contributed by atoms with E-state index in [1.54, 1.807) is 0 Å². The van der Waals surface area contributed by atoms with Crippen LogP contribution in [0.1, 0.15) is 110 Å². The molecule has 0 aromatic carbocycles. The van der Waals surface area contributed by atoms with Crippen molar-refractivity contribution in [3.63, 3.8) is 0 Å². The van der Waals surface area contributed by atoms with Gasteiger partial charge < -0.3 is 0 Å². The van der Waals surface area contributed by atoms with Crippen LogP contribution in [0.15, 0.2) is 0 Å². The van der Waals surface area contributed by atoms with E-state index in [1.165, 1.54) is 89.9 Å². The van der Waals surface area contributed by atoms with Crippen LogP contribution in [0.25, 0.3) is 0 Å². The SMILES string of the molecule is CCCCCCCCCCCCCCCCCC(=O)NBr. The minimum atomic E-state index is 0.102. The van der Waals surface area contributed by atoms with Crippen molar-refractivity contribution in [3.05, 3.63) is 0 Å². The fraction of sp³-hybridized carbons (Fsp3) is 0.944. The Morgan fingerprint density at radius 2 is 1.00 bits per heavy atom. The van der Waals surface area contributed by atoms with E-state index in [1.807, 2.05) is 0 Å². The second-order valence-electron chi connectivity index (χ2n) is 6.22. The average Bonchev–Trinajstić information content (AvgIpc) is 2.50. The van der Waals surface area contributed by atoms with Gasteiger partial charge in [-0.25, -0.2) is 0 Å². The Morgan fingerprint density at radius 3 is 1.33 bits per heavy atom. The number of rotatable bonds is 16. The lowest BCUT2D eigenvalue weighted by Crippen LogP contribution is -2.10. The van der Waals surface area contributed by atoms with Gasteiger partial charge in [-0.3, -0.25) is 9.14 Å². The van der Waals surface area contributed by atoms with Crippen molar-refractivity contribution < 1.29 is 4.79 Å². The van der Waals surface area contributed by atoms with Gasteiger partial charge in [-0.15, -0.1) is 0 Å². The van der Waals surface area contributed by atoms with Gasteiger partial charge >= 0.3 is 0 Å². The van der Waals surface area contributed by atoms with Crippen LogP contribution in [0.3, 0.4) is 0 Å². The summed E-state index contributed by atoms with van der Waals surface area (Å²) in [6.45, 7) is 2.28. The lowest BCUT2D eigenvalue weighted by molar-refractivity contribution is -0.119. The fourth-order valence-corrected chi connectivity index (χ4v) is 2.90. The van der Waals surface area contributed by atoms with Gasteiger partial charge in [0.2, 0.25) is 5.91 Å². The molecule has 0 heterocycles. The van der Waals surface area contributed by atoms with Gasteiger partial charge in [0.15, 0.2) is 0 Å². The van der Waals surface area contributed by atoms with E-state index >= 15 is 0 Å². The van der Waals surface area contributed by atoms with Crippen LogP contribution in [-0.4, -0.2) is 5.91 Å². The molecular weight excluding hydrogens is 326 g/mol. The van der Waals surface area contributed by atoms with Crippen molar-refractivity contribution in [1.82, 2.24) is 4.34 Å². The summed E-state index contributed by atoms with van der Waals surface area (Å²) in [7, 11) is 0. The maximum Gasteiger partial charge on any atom is 0.229 e. The van der Waals surface area contributed by atoms with Crippen molar-refractivity contribution in [2.24, 2.45) is 0 Å². The molecule has 0 saturated carbocycles. The third-order valence-corrected chi connectivity index (χ3v) is 4.56. The zero-order chi connectivity index (χ0) is 15.6. The van der Waals surface area contributed by atoms with Gasteiger partial charge in [0.25, 0.3) is 0 Å². The maximum atomic E-state index is 11.0. The smallest absolute Gasteiger partial charge is 0.229 e. The van der Waals surface area contributed by atoms with Crippen LogP contribution in [0.2, 0.25) is 0 Å². The van der Waals surface area contributed by atoms with Gasteiger partial charge in [0.1, 0.15) is 0 Å². The Hall–Kier alpha value is -0.0500. The molecule has 1 N–H and O–H groups in total. The first-order valence-corrected chi connectivity index (χ1v) is 10.00. The van der Waals surface area contributed by atoms with Crippen LogP contribution in [-0.2, 0) is 4.79 Å². The average molecular weight is 362 g/mol. The molecular formula is C18H36BrNO. The molecule has 3 heteroatoms. The molecule has 126 valence electrons. The van der Waals surface area contributed by atoms with Gasteiger partial charge in [-0.2, -0.15) is 0 Å². The Balaban J connectivity index is 2.98. The highest BCUT2D eigenvalue weighted by Gasteiger charge is 1.98. The molecule has 21 heavy (non-hydrogen) atoms. The fourth-order valence-electron chi connectivity index (χ4n) is 2.70. The molecule has 0 aromatic heterocycles. The van der Waals surface area contributed by atoms with Gasteiger partial charge in [-0.1, -0.05) is 96.8 Å². The monoisotopic (exact) mass is 361 g/mol. The summed E-state index contributed by atoms with van der Waals surface area (Å²) in [4.78, 5) is 11.0.